The zero-order valence-corrected chi connectivity index (χ0v) is 9.09. The fourth-order valence-electron chi connectivity index (χ4n) is 1.55. The maximum atomic E-state index is 12.7. The Kier molecular flexibility index (Phi) is 3.84. The second-order valence-corrected chi connectivity index (χ2v) is 4.37. The summed E-state index contributed by atoms with van der Waals surface area (Å²) in [5.74, 6) is -2.59. The van der Waals surface area contributed by atoms with Crippen molar-refractivity contribution in [1.29, 1.82) is 0 Å². The van der Waals surface area contributed by atoms with Gasteiger partial charge in [-0.2, -0.15) is 0 Å². The summed E-state index contributed by atoms with van der Waals surface area (Å²) in [5, 5.41) is 0. The fraction of sp³-hybridized carbons (Fsp3) is 1.00. The minimum atomic E-state index is -2.59. The lowest BCUT2D eigenvalue weighted by atomic mass is 10.0. The lowest BCUT2D eigenvalue weighted by molar-refractivity contribution is -0.0770. The molecule has 0 amide bonds. The first-order chi connectivity index (χ1) is 6.38. The first-order valence-corrected chi connectivity index (χ1v) is 5.12. The second-order valence-electron chi connectivity index (χ2n) is 4.37. The Morgan fingerprint density at radius 2 is 2.14 bits per heavy atom. The molecule has 0 N–H and O–H groups in total. The van der Waals surface area contributed by atoms with Gasteiger partial charge in [-0.15, -0.1) is 0 Å². The van der Waals surface area contributed by atoms with Gasteiger partial charge in [0.2, 0.25) is 0 Å². The van der Waals surface area contributed by atoms with E-state index in [0.29, 0.717) is 6.61 Å². The van der Waals surface area contributed by atoms with E-state index in [1.807, 2.05) is 13.8 Å². The summed E-state index contributed by atoms with van der Waals surface area (Å²) in [7, 11) is 0. The van der Waals surface area contributed by atoms with Crippen LogP contribution in [0.3, 0.4) is 0 Å². The lowest BCUT2D eigenvalue weighted by Gasteiger charge is -2.42. The summed E-state index contributed by atoms with van der Waals surface area (Å²) >= 11 is 0. The molecular formula is C10H19F2NO. The van der Waals surface area contributed by atoms with Crippen LogP contribution < -0.4 is 0 Å². The van der Waals surface area contributed by atoms with Crippen molar-refractivity contribution in [2.75, 3.05) is 19.7 Å². The van der Waals surface area contributed by atoms with Crippen molar-refractivity contribution in [3.63, 3.8) is 0 Å². The number of rotatable bonds is 5. The molecule has 0 aliphatic carbocycles. The summed E-state index contributed by atoms with van der Waals surface area (Å²) in [5.41, 5.74) is 0. The first kappa shape index (κ1) is 11.9. The van der Waals surface area contributed by atoms with E-state index in [-0.39, 0.29) is 18.7 Å². The van der Waals surface area contributed by atoms with Crippen molar-refractivity contribution in [3.05, 3.63) is 0 Å². The Morgan fingerprint density at radius 3 is 2.50 bits per heavy atom. The molecule has 1 unspecified atom stereocenters. The third-order valence-corrected chi connectivity index (χ3v) is 2.37. The first-order valence-electron chi connectivity index (χ1n) is 5.12. The Labute approximate surface area is 84.2 Å². The minimum absolute atomic E-state index is 0.140. The highest BCUT2D eigenvalue weighted by atomic mass is 19.3. The van der Waals surface area contributed by atoms with E-state index in [1.165, 1.54) is 0 Å². The summed E-state index contributed by atoms with van der Waals surface area (Å²) in [6, 6.07) is 0.197. The van der Waals surface area contributed by atoms with Gasteiger partial charge in [-0.25, -0.2) is 8.78 Å². The maximum Gasteiger partial charge on any atom is 0.257 e. The molecular weight excluding hydrogens is 188 g/mol. The van der Waals surface area contributed by atoms with Gasteiger partial charge in [-0.1, -0.05) is 0 Å². The van der Waals surface area contributed by atoms with E-state index < -0.39 is 5.92 Å². The number of ether oxygens (including phenoxy) is 1. The van der Waals surface area contributed by atoms with Crippen molar-refractivity contribution >= 4 is 0 Å². The van der Waals surface area contributed by atoms with Gasteiger partial charge >= 0.3 is 0 Å². The molecule has 0 radical (unpaired) electrons. The molecule has 1 aliphatic heterocycles. The highest BCUT2D eigenvalue weighted by Gasteiger charge is 2.35. The summed E-state index contributed by atoms with van der Waals surface area (Å²) in [4.78, 5) is 1.79. The topological polar surface area (TPSA) is 12.5 Å². The highest BCUT2D eigenvalue weighted by Crippen LogP contribution is 2.23. The zero-order chi connectivity index (χ0) is 10.8. The molecule has 84 valence electrons. The number of alkyl halides is 2. The Balaban J connectivity index is 2.22. The minimum Gasteiger partial charge on any atom is -0.377 e. The van der Waals surface area contributed by atoms with Crippen molar-refractivity contribution < 1.29 is 13.5 Å². The summed E-state index contributed by atoms with van der Waals surface area (Å²) in [6.45, 7) is 6.09. The molecule has 14 heavy (non-hydrogen) atoms. The predicted molar refractivity (Wildman–Crippen MR) is 51.7 cm³/mol. The number of hydrogen-bond donors (Lipinski definition) is 0. The maximum absolute atomic E-state index is 12.7. The van der Waals surface area contributed by atoms with Crippen LogP contribution in [0.2, 0.25) is 0 Å². The van der Waals surface area contributed by atoms with Gasteiger partial charge < -0.3 is 4.74 Å². The van der Waals surface area contributed by atoms with E-state index in [9.17, 15) is 8.78 Å². The van der Waals surface area contributed by atoms with Gasteiger partial charge in [0.15, 0.2) is 0 Å². The number of nitrogens with zero attached hydrogens (tertiary/aromatic N) is 1. The molecule has 1 fully saturated rings. The monoisotopic (exact) mass is 207 g/mol. The molecule has 0 aromatic heterocycles. The predicted octanol–water partition coefficient (Wildman–Crippen LogP) is 2.14. The molecule has 1 aliphatic rings. The molecule has 4 heteroatoms. The molecule has 2 nitrogen and oxygen atoms in total. The van der Waals surface area contributed by atoms with Crippen LogP contribution in [0.5, 0.6) is 0 Å². The third kappa shape index (κ3) is 3.88. The van der Waals surface area contributed by atoms with E-state index in [4.69, 9.17) is 4.74 Å². The molecule has 0 spiro atoms. The Hall–Kier alpha value is -0.220. The van der Waals surface area contributed by atoms with Gasteiger partial charge in [0, 0.05) is 19.5 Å². The van der Waals surface area contributed by atoms with Crippen LogP contribution in [0.1, 0.15) is 27.2 Å². The van der Waals surface area contributed by atoms with E-state index in [0.717, 1.165) is 19.9 Å². The normalized spacial score (nSPS) is 24.0. The number of likely N-dealkylation sites (tertiary alicyclic amines) is 1. The largest absolute Gasteiger partial charge is 0.377 e. The van der Waals surface area contributed by atoms with Crippen LogP contribution in [0, 0.1) is 0 Å². The standard InChI is InChI=1S/C10H19F2NO/c1-8(2)14-6-9-4-5-13(9)7-10(3,11)12/h8-9H,4-7H2,1-3H3. The third-order valence-electron chi connectivity index (χ3n) is 2.37. The van der Waals surface area contributed by atoms with Gasteiger partial charge in [0.1, 0.15) is 0 Å². The molecule has 0 aromatic rings. The summed E-state index contributed by atoms with van der Waals surface area (Å²) in [6.07, 6.45) is 1.16. The van der Waals surface area contributed by atoms with Gasteiger partial charge in [0.25, 0.3) is 5.92 Å². The van der Waals surface area contributed by atoms with Crippen molar-refractivity contribution in [1.82, 2.24) is 4.90 Å². The molecule has 0 bridgehead atoms. The van der Waals surface area contributed by atoms with Crippen molar-refractivity contribution in [2.24, 2.45) is 0 Å². The van der Waals surface area contributed by atoms with Crippen LogP contribution in [-0.2, 0) is 4.74 Å². The Morgan fingerprint density at radius 1 is 1.50 bits per heavy atom. The number of halogens is 2. The SMILES string of the molecule is CC(C)OCC1CCN1CC(C)(F)F. The summed E-state index contributed by atoms with van der Waals surface area (Å²) < 4.78 is 30.8. The molecule has 0 aromatic carbocycles. The molecule has 0 saturated carbocycles. The molecule has 1 atom stereocenters. The van der Waals surface area contributed by atoms with Crippen LogP contribution in [0.25, 0.3) is 0 Å². The molecule has 1 rings (SSSR count). The van der Waals surface area contributed by atoms with E-state index in [2.05, 4.69) is 0 Å². The average Bonchev–Trinajstić information content (AvgIpc) is 1.96. The van der Waals surface area contributed by atoms with Crippen LogP contribution in [0.15, 0.2) is 0 Å². The fourth-order valence-corrected chi connectivity index (χ4v) is 1.55. The van der Waals surface area contributed by atoms with Crippen LogP contribution in [-0.4, -0.2) is 42.7 Å². The number of hydrogen-bond acceptors (Lipinski definition) is 2. The van der Waals surface area contributed by atoms with Crippen LogP contribution >= 0.6 is 0 Å². The van der Waals surface area contributed by atoms with E-state index >= 15 is 0 Å². The van der Waals surface area contributed by atoms with Gasteiger partial charge in [-0.3, -0.25) is 4.90 Å². The quantitative estimate of drug-likeness (QED) is 0.685. The van der Waals surface area contributed by atoms with E-state index in [1.54, 1.807) is 4.90 Å². The molecule has 1 heterocycles. The zero-order valence-electron chi connectivity index (χ0n) is 9.09. The van der Waals surface area contributed by atoms with Gasteiger partial charge in [0.05, 0.1) is 19.3 Å². The lowest BCUT2D eigenvalue weighted by Crippen LogP contribution is -2.54. The average molecular weight is 207 g/mol. The van der Waals surface area contributed by atoms with Crippen LogP contribution in [0.4, 0.5) is 8.78 Å². The van der Waals surface area contributed by atoms with Gasteiger partial charge in [-0.05, 0) is 20.3 Å². The smallest absolute Gasteiger partial charge is 0.257 e. The Bertz CT molecular complexity index is 179. The van der Waals surface area contributed by atoms with Crippen molar-refractivity contribution in [2.45, 2.75) is 45.3 Å². The molecule has 1 saturated heterocycles. The second kappa shape index (κ2) is 4.53. The highest BCUT2D eigenvalue weighted by molar-refractivity contribution is 4.85. The van der Waals surface area contributed by atoms with Crippen molar-refractivity contribution in [3.8, 4) is 0 Å².